The molecule has 154 valence electrons. The molecule has 1 fully saturated rings. The van der Waals surface area contributed by atoms with Crippen LogP contribution in [-0.4, -0.2) is 66.4 Å². The smallest absolute Gasteiger partial charge is 0.306 e. The number of rotatable bonds is 9. The number of likely N-dealkylation sites (tertiary alicyclic amines) is 1. The molecule has 0 N–H and O–H groups in total. The van der Waals surface area contributed by atoms with Gasteiger partial charge >= 0.3 is 5.97 Å². The lowest BCUT2D eigenvalue weighted by atomic mass is 9.93. The van der Waals surface area contributed by atoms with Crippen LogP contribution in [0, 0.1) is 5.92 Å². The molecule has 0 saturated carbocycles. The fourth-order valence-corrected chi connectivity index (χ4v) is 3.47. The van der Waals surface area contributed by atoms with Crippen LogP contribution >= 0.6 is 0 Å². The number of aromatic nitrogens is 1. The van der Waals surface area contributed by atoms with Gasteiger partial charge in [-0.3, -0.25) is 19.4 Å². The topological polar surface area (TPSA) is 79.8 Å². The first kappa shape index (κ1) is 21.9. The van der Waals surface area contributed by atoms with Crippen LogP contribution in [0.2, 0.25) is 0 Å². The summed E-state index contributed by atoms with van der Waals surface area (Å²) in [5.74, 6) is 0.101. The van der Waals surface area contributed by atoms with Gasteiger partial charge in [-0.25, -0.2) is 0 Å². The van der Waals surface area contributed by atoms with E-state index in [1.807, 2.05) is 30.1 Å². The van der Waals surface area contributed by atoms with Gasteiger partial charge in [0.15, 0.2) is 0 Å². The molecule has 1 aromatic heterocycles. The molecule has 1 unspecified atom stereocenters. The highest BCUT2D eigenvalue weighted by Gasteiger charge is 2.24. The van der Waals surface area contributed by atoms with Gasteiger partial charge in [0, 0.05) is 57.8 Å². The first-order valence-corrected chi connectivity index (χ1v) is 9.98. The Kier molecular flexibility index (Phi) is 8.91. The Bertz CT molecular complexity index is 650. The minimum absolute atomic E-state index is 0.00564. The van der Waals surface area contributed by atoms with E-state index in [0.717, 1.165) is 37.9 Å². The van der Waals surface area contributed by atoms with Crippen molar-refractivity contribution in [3.8, 4) is 0 Å². The monoisotopic (exact) mass is 389 g/mol. The molecule has 1 aliphatic rings. The van der Waals surface area contributed by atoms with Crippen LogP contribution in [-0.2, 0) is 25.5 Å². The van der Waals surface area contributed by atoms with Crippen LogP contribution < -0.4 is 0 Å². The third kappa shape index (κ3) is 7.29. The van der Waals surface area contributed by atoms with Gasteiger partial charge in [-0.15, -0.1) is 0 Å². The molecule has 28 heavy (non-hydrogen) atoms. The Labute approximate surface area is 167 Å². The van der Waals surface area contributed by atoms with E-state index in [1.165, 1.54) is 7.11 Å². The lowest BCUT2D eigenvalue weighted by Crippen LogP contribution is -2.40. The fourth-order valence-electron chi connectivity index (χ4n) is 3.47. The molecule has 0 bridgehead atoms. The highest BCUT2D eigenvalue weighted by atomic mass is 16.5. The van der Waals surface area contributed by atoms with Crippen molar-refractivity contribution in [2.24, 2.45) is 5.92 Å². The van der Waals surface area contributed by atoms with Gasteiger partial charge in [0.2, 0.25) is 11.8 Å². The number of hydrogen-bond donors (Lipinski definition) is 0. The SMILES string of the molecule is COC(=O)CCC(=O)N1CCCC(CCC(=O)N(C)CCc2ccccn2)C1. The van der Waals surface area contributed by atoms with Crippen molar-refractivity contribution < 1.29 is 19.1 Å². The molecule has 0 spiro atoms. The number of amides is 2. The van der Waals surface area contributed by atoms with Gasteiger partial charge in [-0.05, 0) is 37.3 Å². The second kappa shape index (κ2) is 11.4. The number of pyridine rings is 1. The second-order valence-electron chi connectivity index (χ2n) is 7.35. The number of ether oxygens (including phenoxy) is 1. The van der Waals surface area contributed by atoms with E-state index in [9.17, 15) is 14.4 Å². The molecule has 0 aromatic carbocycles. The molecule has 1 saturated heterocycles. The lowest BCUT2D eigenvalue weighted by Gasteiger charge is -2.33. The number of likely N-dealkylation sites (N-methyl/N-ethyl adjacent to an activating group) is 1. The van der Waals surface area contributed by atoms with Crippen LogP contribution in [0.4, 0.5) is 0 Å². The third-order valence-corrected chi connectivity index (χ3v) is 5.26. The molecule has 2 rings (SSSR count). The summed E-state index contributed by atoms with van der Waals surface area (Å²) in [4.78, 5) is 43.8. The fraction of sp³-hybridized carbons (Fsp3) is 0.619. The van der Waals surface area contributed by atoms with Crippen molar-refractivity contribution in [1.29, 1.82) is 0 Å². The normalized spacial score (nSPS) is 16.5. The molecule has 1 aliphatic heterocycles. The van der Waals surface area contributed by atoms with Crippen molar-refractivity contribution in [2.75, 3.05) is 33.8 Å². The minimum atomic E-state index is -0.360. The second-order valence-corrected chi connectivity index (χ2v) is 7.35. The summed E-state index contributed by atoms with van der Waals surface area (Å²) in [6, 6.07) is 5.80. The highest BCUT2D eigenvalue weighted by Crippen LogP contribution is 2.22. The van der Waals surface area contributed by atoms with E-state index in [-0.39, 0.29) is 30.6 Å². The summed E-state index contributed by atoms with van der Waals surface area (Å²) in [6.07, 6.45) is 6.07. The largest absolute Gasteiger partial charge is 0.469 e. The number of piperidine rings is 1. The van der Waals surface area contributed by atoms with E-state index in [1.54, 1.807) is 11.1 Å². The maximum atomic E-state index is 12.4. The Morgan fingerprint density at radius 1 is 1.25 bits per heavy atom. The lowest BCUT2D eigenvalue weighted by molar-refractivity contribution is -0.144. The maximum Gasteiger partial charge on any atom is 0.306 e. The maximum absolute atomic E-state index is 12.4. The summed E-state index contributed by atoms with van der Waals surface area (Å²) in [5.41, 5.74) is 0.982. The number of carbonyl (C=O) groups excluding carboxylic acids is 3. The molecule has 2 amide bonds. The number of carbonyl (C=O) groups is 3. The Hall–Kier alpha value is -2.44. The summed E-state index contributed by atoms with van der Waals surface area (Å²) >= 11 is 0. The average Bonchev–Trinajstić information content (AvgIpc) is 2.74. The third-order valence-electron chi connectivity index (χ3n) is 5.26. The molecule has 0 aliphatic carbocycles. The predicted octanol–water partition coefficient (Wildman–Crippen LogP) is 2.05. The van der Waals surface area contributed by atoms with Crippen molar-refractivity contribution in [3.63, 3.8) is 0 Å². The van der Waals surface area contributed by atoms with E-state index < -0.39 is 0 Å². The zero-order chi connectivity index (χ0) is 20.4. The van der Waals surface area contributed by atoms with Gasteiger partial charge in [-0.1, -0.05) is 6.07 Å². The average molecular weight is 389 g/mol. The van der Waals surface area contributed by atoms with Crippen molar-refractivity contribution in [3.05, 3.63) is 30.1 Å². The molecule has 0 radical (unpaired) electrons. The van der Waals surface area contributed by atoms with Crippen molar-refractivity contribution in [1.82, 2.24) is 14.8 Å². The molecule has 1 aromatic rings. The number of nitrogens with zero attached hydrogens (tertiary/aromatic N) is 3. The van der Waals surface area contributed by atoms with Gasteiger partial charge in [0.05, 0.1) is 13.5 Å². The molecule has 7 heteroatoms. The molecule has 7 nitrogen and oxygen atoms in total. The van der Waals surface area contributed by atoms with E-state index in [4.69, 9.17) is 0 Å². The number of hydrogen-bond acceptors (Lipinski definition) is 5. The van der Waals surface area contributed by atoms with E-state index in [0.29, 0.717) is 25.4 Å². The van der Waals surface area contributed by atoms with E-state index >= 15 is 0 Å². The van der Waals surface area contributed by atoms with Gasteiger partial charge in [0.25, 0.3) is 0 Å². The first-order chi connectivity index (χ1) is 13.5. The van der Waals surface area contributed by atoms with Crippen molar-refractivity contribution in [2.45, 2.75) is 44.9 Å². The van der Waals surface area contributed by atoms with Crippen molar-refractivity contribution >= 4 is 17.8 Å². The van der Waals surface area contributed by atoms with Crippen LogP contribution in [0.25, 0.3) is 0 Å². The molecule has 2 heterocycles. The zero-order valence-corrected chi connectivity index (χ0v) is 16.9. The minimum Gasteiger partial charge on any atom is -0.469 e. The van der Waals surface area contributed by atoms with Crippen LogP contribution in [0.1, 0.15) is 44.2 Å². The zero-order valence-electron chi connectivity index (χ0n) is 16.9. The van der Waals surface area contributed by atoms with Gasteiger partial charge < -0.3 is 14.5 Å². The predicted molar refractivity (Wildman–Crippen MR) is 105 cm³/mol. The Morgan fingerprint density at radius 2 is 2.07 bits per heavy atom. The van der Waals surface area contributed by atoms with Gasteiger partial charge in [-0.2, -0.15) is 0 Å². The molecular formula is C21H31N3O4. The first-order valence-electron chi connectivity index (χ1n) is 9.98. The Morgan fingerprint density at radius 3 is 2.79 bits per heavy atom. The summed E-state index contributed by atoms with van der Waals surface area (Å²) in [7, 11) is 3.16. The summed E-state index contributed by atoms with van der Waals surface area (Å²) < 4.78 is 4.59. The number of esters is 1. The summed E-state index contributed by atoms with van der Waals surface area (Å²) in [6.45, 7) is 2.05. The quantitative estimate of drug-likeness (QED) is 0.604. The van der Waals surface area contributed by atoms with E-state index in [2.05, 4.69) is 9.72 Å². The Balaban J connectivity index is 1.70. The van der Waals surface area contributed by atoms with Crippen LogP contribution in [0.15, 0.2) is 24.4 Å². The molecule has 1 atom stereocenters. The summed E-state index contributed by atoms with van der Waals surface area (Å²) in [5, 5.41) is 0. The van der Waals surface area contributed by atoms with Crippen LogP contribution in [0.5, 0.6) is 0 Å². The van der Waals surface area contributed by atoms with Crippen LogP contribution in [0.3, 0.4) is 0 Å². The van der Waals surface area contributed by atoms with Gasteiger partial charge in [0.1, 0.15) is 0 Å². The molecular weight excluding hydrogens is 358 g/mol. The standard InChI is InChI=1S/C21H31N3O4/c1-23(15-12-18-7-3-4-13-22-18)19(25)9-8-17-6-5-14-24(16-17)20(26)10-11-21(27)28-2/h3-4,7,13,17H,5-6,8-12,14-16H2,1-2H3. The highest BCUT2D eigenvalue weighted by molar-refractivity contribution is 5.81. The number of methoxy groups -OCH3 is 1.